The summed E-state index contributed by atoms with van der Waals surface area (Å²) in [4.78, 5) is 10.3. The molecule has 7 heteroatoms. The molecule has 0 N–H and O–H groups in total. The van der Waals surface area contributed by atoms with Crippen LogP contribution >= 0.6 is 0 Å². The molecule has 0 spiro atoms. The normalized spacial score (nSPS) is 20.7. The lowest BCUT2D eigenvalue weighted by molar-refractivity contribution is -0.108. The van der Waals surface area contributed by atoms with E-state index in [1.165, 1.54) is 12.2 Å². The Morgan fingerprint density at radius 2 is 1.86 bits per heavy atom. The fourth-order valence-corrected chi connectivity index (χ4v) is 2.26. The molecule has 0 heterocycles. The van der Waals surface area contributed by atoms with Crippen LogP contribution in [0.2, 0.25) is 0 Å². The third-order valence-electron chi connectivity index (χ3n) is 1.78. The van der Waals surface area contributed by atoms with Gasteiger partial charge in [0.1, 0.15) is 6.29 Å². The number of aldehydes is 1. The molecule has 76 valence electrons. The quantitative estimate of drug-likeness (QED) is 0.423. The van der Waals surface area contributed by atoms with Gasteiger partial charge in [0.15, 0.2) is 0 Å². The summed E-state index contributed by atoms with van der Waals surface area (Å²) in [6, 6.07) is 0. The van der Waals surface area contributed by atoms with E-state index in [1.807, 2.05) is 0 Å². The summed E-state index contributed by atoms with van der Waals surface area (Å²) in [5.41, 5.74) is 0. The SMILES string of the molecule is O=CC1C=CC(=S(=O)=O)CC1=S(=O)=O. The summed E-state index contributed by atoms with van der Waals surface area (Å²) in [5.74, 6) is -0.833. The van der Waals surface area contributed by atoms with Gasteiger partial charge in [0.25, 0.3) is 0 Å². The van der Waals surface area contributed by atoms with E-state index in [4.69, 9.17) is 0 Å². The predicted octanol–water partition coefficient (Wildman–Crippen LogP) is -1.14. The second kappa shape index (κ2) is 4.34. The Labute approximate surface area is 83.1 Å². The minimum Gasteiger partial charge on any atom is -0.302 e. The summed E-state index contributed by atoms with van der Waals surface area (Å²) < 4.78 is 42.3. The van der Waals surface area contributed by atoms with Crippen LogP contribution in [0.15, 0.2) is 12.2 Å². The van der Waals surface area contributed by atoms with Crippen molar-refractivity contribution in [1.29, 1.82) is 0 Å². The molecule has 1 rings (SSSR count). The van der Waals surface area contributed by atoms with Crippen molar-refractivity contribution >= 4 is 36.6 Å². The van der Waals surface area contributed by atoms with E-state index in [1.54, 1.807) is 0 Å². The molecule has 1 unspecified atom stereocenters. The van der Waals surface area contributed by atoms with E-state index in [0.29, 0.717) is 6.29 Å². The molecule has 0 aromatic heterocycles. The summed E-state index contributed by atoms with van der Waals surface area (Å²) in [5, 5.41) is 0. The Morgan fingerprint density at radius 1 is 1.21 bits per heavy atom. The summed E-state index contributed by atoms with van der Waals surface area (Å²) in [6.45, 7) is 0. The first-order chi connectivity index (χ1) is 6.56. The second-order valence-corrected chi connectivity index (χ2v) is 4.59. The first kappa shape index (κ1) is 10.9. The van der Waals surface area contributed by atoms with E-state index in [0.717, 1.165) is 0 Å². The van der Waals surface area contributed by atoms with Crippen LogP contribution in [0.1, 0.15) is 6.42 Å². The number of hydrogen-bond donors (Lipinski definition) is 0. The maximum absolute atomic E-state index is 10.6. The molecule has 0 aromatic carbocycles. The van der Waals surface area contributed by atoms with E-state index in [2.05, 4.69) is 0 Å². The lowest BCUT2D eigenvalue weighted by Gasteiger charge is -2.10. The van der Waals surface area contributed by atoms with Crippen molar-refractivity contribution in [1.82, 2.24) is 0 Å². The largest absolute Gasteiger partial charge is 0.302 e. The van der Waals surface area contributed by atoms with Gasteiger partial charge in [-0.1, -0.05) is 6.08 Å². The van der Waals surface area contributed by atoms with Gasteiger partial charge in [-0.15, -0.1) is 0 Å². The van der Waals surface area contributed by atoms with Gasteiger partial charge >= 0.3 is 0 Å². The molecule has 0 saturated heterocycles. The molecule has 5 nitrogen and oxygen atoms in total. The fourth-order valence-electron chi connectivity index (χ4n) is 1.07. The summed E-state index contributed by atoms with van der Waals surface area (Å²) in [6.07, 6.45) is 2.75. The zero-order valence-corrected chi connectivity index (χ0v) is 8.51. The van der Waals surface area contributed by atoms with Gasteiger partial charge in [-0.3, -0.25) is 0 Å². The molecule has 0 saturated carbocycles. The minimum absolute atomic E-state index is 0.0256. The molecule has 1 aliphatic carbocycles. The summed E-state index contributed by atoms with van der Waals surface area (Å²) in [7, 11) is -4.97. The van der Waals surface area contributed by atoms with Gasteiger partial charge in [-0.05, 0) is 6.08 Å². The topological polar surface area (TPSA) is 85.3 Å². The highest BCUT2D eigenvalue weighted by Gasteiger charge is 2.20. The fraction of sp³-hybridized carbons (Fsp3) is 0.286. The van der Waals surface area contributed by atoms with E-state index in [9.17, 15) is 21.6 Å². The van der Waals surface area contributed by atoms with Gasteiger partial charge in [0.2, 0.25) is 20.6 Å². The lowest BCUT2D eigenvalue weighted by atomic mass is 9.97. The first-order valence-electron chi connectivity index (χ1n) is 3.60. The van der Waals surface area contributed by atoms with Crippen LogP contribution in [0.25, 0.3) is 0 Å². The van der Waals surface area contributed by atoms with Crippen LogP contribution in [-0.2, 0) is 25.4 Å². The zero-order valence-electron chi connectivity index (χ0n) is 6.87. The molecule has 0 fully saturated rings. The van der Waals surface area contributed by atoms with E-state index in [-0.39, 0.29) is 16.1 Å². The van der Waals surface area contributed by atoms with Crippen molar-refractivity contribution in [2.45, 2.75) is 6.42 Å². The molecule has 1 aliphatic rings. The average Bonchev–Trinajstić information content (AvgIpc) is 2.16. The first-order valence-corrected chi connectivity index (χ1v) is 5.74. The van der Waals surface area contributed by atoms with Gasteiger partial charge in [0, 0.05) is 6.42 Å². The monoisotopic (exact) mass is 234 g/mol. The number of carbonyl (C=O) groups is 1. The molecular formula is C7H6O5S2. The standard InChI is InChI=1S/C7H6O5S2/c8-4-5-1-2-6(13(9)10)3-7(5)14(11)12/h1-2,4-5H,3H2. The van der Waals surface area contributed by atoms with Crippen LogP contribution in [0, 0.1) is 5.92 Å². The Balaban J connectivity index is 3.39. The van der Waals surface area contributed by atoms with E-state index >= 15 is 0 Å². The van der Waals surface area contributed by atoms with Crippen LogP contribution in [0.5, 0.6) is 0 Å². The van der Waals surface area contributed by atoms with Crippen molar-refractivity contribution in [3.8, 4) is 0 Å². The Kier molecular flexibility index (Phi) is 3.37. The van der Waals surface area contributed by atoms with Crippen LogP contribution in [0.4, 0.5) is 0 Å². The third kappa shape index (κ3) is 2.18. The molecule has 1 atom stereocenters. The lowest BCUT2D eigenvalue weighted by Crippen LogP contribution is -2.22. The number of hydrogen-bond acceptors (Lipinski definition) is 5. The van der Waals surface area contributed by atoms with Crippen molar-refractivity contribution in [3.05, 3.63) is 12.2 Å². The van der Waals surface area contributed by atoms with Crippen molar-refractivity contribution in [2.75, 3.05) is 0 Å². The molecule has 14 heavy (non-hydrogen) atoms. The molecule has 0 aromatic rings. The van der Waals surface area contributed by atoms with Gasteiger partial charge in [-0.25, -0.2) is 0 Å². The van der Waals surface area contributed by atoms with Crippen molar-refractivity contribution in [3.63, 3.8) is 0 Å². The van der Waals surface area contributed by atoms with Crippen LogP contribution in [0.3, 0.4) is 0 Å². The molecule has 0 radical (unpaired) electrons. The Bertz CT molecular complexity index is 531. The molecular weight excluding hydrogens is 228 g/mol. The zero-order chi connectivity index (χ0) is 10.7. The average molecular weight is 234 g/mol. The van der Waals surface area contributed by atoms with E-state index < -0.39 is 26.5 Å². The van der Waals surface area contributed by atoms with Crippen LogP contribution < -0.4 is 0 Å². The summed E-state index contributed by atoms with van der Waals surface area (Å²) >= 11 is 0. The predicted molar refractivity (Wildman–Crippen MR) is 51.2 cm³/mol. The second-order valence-electron chi connectivity index (χ2n) is 2.60. The number of rotatable bonds is 1. The number of carbonyl (C=O) groups excluding carboxylic acids is 1. The minimum atomic E-state index is -2.53. The van der Waals surface area contributed by atoms with Crippen molar-refractivity contribution < 1.29 is 21.6 Å². The maximum atomic E-state index is 10.6. The Hall–Kier alpha value is -1.21. The number of allylic oxidation sites excluding steroid dienone is 2. The van der Waals surface area contributed by atoms with Gasteiger partial charge < -0.3 is 4.79 Å². The maximum Gasteiger partial charge on any atom is 0.217 e. The molecule has 0 bridgehead atoms. The highest BCUT2D eigenvalue weighted by molar-refractivity contribution is 7.75. The smallest absolute Gasteiger partial charge is 0.217 e. The molecule has 0 amide bonds. The van der Waals surface area contributed by atoms with Crippen LogP contribution in [-0.4, -0.2) is 32.9 Å². The van der Waals surface area contributed by atoms with Gasteiger partial charge in [-0.2, -0.15) is 16.8 Å². The third-order valence-corrected chi connectivity index (χ3v) is 3.34. The Morgan fingerprint density at radius 3 is 2.29 bits per heavy atom. The van der Waals surface area contributed by atoms with Gasteiger partial charge in [0.05, 0.1) is 15.6 Å². The molecule has 0 aliphatic heterocycles. The van der Waals surface area contributed by atoms with Crippen molar-refractivity contribution in [2.24, 2.45) is 5.92 Å². The highest BCUT2D eigenvalue weighted by Crippen LogP contribution is 2.10. The highest BCUT2D eigenvalue weighted by atomic mass is 32.2.